The van der Waals surface area contributed by atoms with Gasteiger partial charge in [-0.05, 0) is 51.5 Å². The average Bonchev–Trinajstić information content (AvgIpc) is 2.35. The van der Waals surface area contributed by atoms with Gasteiger partial charge in [0.1, 0.15) is 5.75 Å². The Balaban J connectivity index is 2.94. The van der Waals surface area contributed by atoms with Gasteiger partial charge in [-0.2, -0.15) is 0 Å². The van der Waals surface area contributed by atoms with Crippen LogP contribution in [0.5, 0.6) is 5.75 Å². The molecule has 0 N–H and O–H groups in total. The molecule has 0 heterocycles. The number of ether oxygens (including phenoxy) is 1. The Kier molecular flexibility index (Phi) is 4.96. The fourth-order valence-electron chi connectivity index (χ4n) is 1.53. The van der Waals surface area contributed by atoms with E-state index in [0.717, 1.165) is 5.57 Å². The number of hydrogen-bond acceptors (Lipinski definition) is 3. The zero-order valence-electron chi connectivity index (χ0n) is 11.3. The van der Waals surface area contributed by atoms with Crippen molar-refractivity contribution in [2.24, 2.45) is 0 Å². The Labute approximate surface area is 109 Å². The van der Waals surface area contributed by atoms with E-state index in [9.17, 15) is 8.42 Å². The zero-order chi connectivity index (χ0) is 13.8. The minimum atomic E-state index is -3.26. The number of benzene rings is 1. The van der Waals surface area contributed by atoms with E-state index in [1.54, 1.807) is 38.3 Å². The van der Waals surface area contributed by atoms with E-state index >= 15 is 0 Å². The first kappa shape index (κ1) is 14.8. The lowest BCUT2D eigenvalue weighted by atomic mass is 10.2. The largest absolute Gasteiger partial charge is 0.497 e. The summed E-state index contributed by atoms with van der Waals surface area (Å²) >= 11 is 0. The Bertz CT molecular complexity index is 508. The van der Waals surface area contributed by atoms with Gasteiger partial charge in [0.25, 0.3) is 0 Å². The van der Waals surface area contributed by atoms with E-state index in [-0.39, 0.29) is 0 Å². The predicted molar refractivity (Wildman–Crippen MR) is 73.7 cm³/mol. The molecule has 0 aliphatic carbocycles. The molecule has 0 radical (unpaired) electrons. The van der Waals surface area contributed by atoms with Crippen molar-refractivity contribution in [1.29, 1.82) is 0 Å². The number of sulfone groups is 1. The molecule has 0 amide bonds. The van der Waals surface area contributed by atoms with Crippen molar-refractivity contribution in [3.8, 4) is 5.75 Å². The molecular formula is C14H20O3S. The molecule has 4 heteroatoms. The molecule has 0 aliphatic rings. The van der Waals surface area contributed by atoms with Crippen LogP contribution in [0.25, 0.3) is 0 Å². The molecule has 18 heavy (non-hydrogen) atoms. The summed E-state index contributed by atoms with van der Waals surface area (Å²) in [6, 6.07) is 6.52. The van der Waals surface area contributed by atoms with Gasteiger partial charge < -0.3 is 4.74 Å². The molecule has 1 atom stereocenters. The average molecular weight is 268 g/mol. The normalized spacial score (nSPS) is 12.9. The summed E-state index contributed by atoms with van der Waals surface area (Å²) in [6.07, 6.45) is 2.49. The maximum atomic E-state index is 12.3. The Morgan fingerprint density at radius 2 is 1.83 bits per heavy atom. The molecule has 0 spiro atoms. The highest BCUT2D eigenvalue weighted by Crippen LogP contribution is 2.21. The summed E-state index contributed by atoms with van der Waals surface area (Å²) in [5.74, 6) is 0.658. The number of methoxy groups -OCH3 is 1. The molecule has 0 saturated carbocycles. The fourth-order valence-corrected chi connectivity index (χ4v) is 2.86. The van der Waals surface area contributed by atoms with Crippen molar-refractivity contribution in [1.82, 2.24) is 0 Å². The lowest BCUT2D eigenvalue weighted by molar-refractivity contribution is 0.414. The van der Waals surface area contributed by atoms with Crippen LogP contribution in [0.4, 0.5) is 0 Å². The molecule has 1 aromatic carbocycles. The quantitative estimate of drug-likeness (QED) is 0.770. The van der Waals surface area contributed by atoms with E-state index < -0.39 is 15.1 Å². The molecule has 0 saturated heterocycles. The molecule has 0 aromatic heterocycles. The maximum absolute atomic E-state index is 12.3. The highest BCUT2D eigenvalue weighted by molar-refractivity contribution is 7.92. The Morgan fingerprint density at radius 3 is 2.28 bits per heavy atom. The van der Waals surface area contributed by atoms with Crippen LogP contribution < -0.4 is 4.74 Å². The standard InChI is InChI=1S/C14H20O3S/c1-11(2)5-6-12(3)18(15,16)14-9-7-13(17-4)8-10-14/h5,7-10,12H,6H2,1-4H3. The van der Waals surface area contributed by atoms with Crippen LogP contribution in [0.15, 0.2) is 40.8 Å². The van der Waals surface area contributed by atoms with Gasteiger partial charge in [0, 0.05) is 0 Å². The van der Waals surface area contributed by atoms with Crippen molar-refractivity contribution < 1.29 is 13.2 Å². The third kappa shape index (κ3) is 3.60. The molecule has 100 valence electrons. The second-order valence-corrected chi connectivity index (χ2v) is 6.91. The minimum Gasteiger partial charge on any atom is -0.497 e. The van der Waals surface area contributed by atoms with Crippen LogP contribution in [0.2, 0.25) is 0 Å². The smallest absolute Gasteiger partial charge is 0.181 e. The summed E-state index contributed by atoms with van der Waals surface area (Å²) in [5.41, 5.74) is 1.13. The fraction of sp³-hybridized carbons (Fsp3) is 0.429. The van der Waals surface area contributed by atoms with Crippen molar-refractivity contribution in [2.75, 3.05) is 7.11 Å². The van der Waals surface area contributed by atoms with Crippen LogP contribution in [-0.4, -0.2) is 20.8 Å². The summed E-state index contributed by atoms with van der Waals surface area (Å²) in [7, 11) is -1.70. The van der Waals surface area contributed by atoms with Gasteiger partial charge in [-0.15, -0.1) is 0 Å². The van der Waals surface area contributed by atoms with Crippen LogP contribution in [0, 0.1) is 0 Å². The second-order valence-electron chi connectivity index (χ2n) is 4.55. The van der Waals surface area contributed by atoms with Gasteiger partial charge in [0.15, 0.2) is 9.84 Å². The first-order valence-corrected chi connectivity index (χ1v) is 7.44. The third-order valence-corrected chi connectivity index (χ3v) is 4.96. The molecule has 0 bridgehead atoms. The molecule has 1 aromatic rings. The molecule has 1 rings (SSSR count). The molecule has 0 aliphatic heterocycles. The van der Waals surface area contributed by atoms with E-state index in [1.807, 2.05) is 19.9 Å². The minimum absolute atomic E-state index is 0.345. The summed E-state index contributed by atoms with van der Waals surface area (Å²) in [6.45, 7) is 5.67. The maximum Gasteiger partial charge on any atom is 0.181 e. The van der Waals surface area contributed by atoms with Crippen LogP contribution in [0.3, 0.4) is 0 Å². The Hall–Kier alpha value is -1.29. The highest BCUT2D eigenvalue weighted by Gasteiger charge is 2.22. The summed E-state index contributed by atoms with van der Waals surface area (Å²) < 4.78 is 29.6. The zero-order valence-corrected chi connectivity index (χ0v) is 12.1. The van der Waals surface area contributed by atoms with Gasteiger partial charge in [-0.1, -0.05) is 11.6 Å². The van der Waals surface area contributed by atoms with Gasteiger partial charge in [0.2, 0.25) is 0 Å². The summed E-state index contributed by atoms with van der Waals surface area (Å²) in [4.78, 5) is 0.345. The molecule has 3 nitrogen and oxygen atoms in total. The second kappa shape index (κ2) is 6.05. The van der Waals surface area contributed by atoms with E-state index in [2.05, 4.69) is 0 Å². The third-order valence-electron chi connectivity index (χ3n) is 2.78. The molecular weight excluding hydrogens is 248 g/mol. The van der Waals surface area contributed by atoms with Gasteiger partial charge >= 0.3 is 0 Å². The number of hydrogen-bond donors (Lipinski definition) is 0. The molecule has 1 unspecified atom stereocenters. The predicted octanol–water partition coefficient (Wildman–Crippen LogP) is 3.21. The van der Waals surface area contributed by atoms with E-state index in [4.69, 9.17) is 4.74 Å². The first-order chi connectivity index (χ1) is 8.37. The topological polar surface area (TPSA) is 43.4 Å². The number of allylic oxidation sites excluding steroid dienone is 2. The van der Waals surface area contributed by atoms with E-state index in [1.165, 1.54) is 0 Å². The van der Waals surface area contributed by atoms with Crippen molar-refractivity contribution in [3.63, 3.8) is 0 Å². The summed E-state index contributed by atoms with van der Waals surface area (Å²) in [5, 5.41) is -0.416. The first-order valence-electron chi connectivity index (χ1n) is 5.89. The van der Waals surface area contributed by atoms with Crippen LogP contribution in [0.1, 0.15) is 27.2 Å². The Morgan fingerprint density at radius 1 is 1.28 bits per heavy atom. The SMILES string of the molecule is COc1ccc(S(=O)(=O)C(C)CC=C(C)C)cc1. The van der Waals surface area contributed by atoms with E-state index in [0.29, 0.717) is 17.1 Å². The lowest BCUT2D eigenvalue weighted by Gasteiger charge is -2.11. The number of rotatable bonds is 5. The van der Waals surface area contributed by atoms with Crippen molar-refractivity contribution in [3.05, 3.63) is 35.9 Å². The van der Waals surface area contributed by atoms with Crippen LogP contribution in [-0.2, 0) is 9.84 Å². The van der Waals surface area contributed by atoms with Crippen LogP contribution >= 0.6 is 0 Å². The highest BCUT2D eigenvalue weighted by atomic mass is 32.2. The van der Waals surface area contributed by atoms with Crippen molar-refractivity contribution >= 4 is 9.84 Å². The molecule has 0 fully saturated rings. The monoisotopic (exact) mass is 268 g/mol. The van der Waals surface area contributed by atoms with Gasteiger partial charge in [-0.25, -0.2) is 8.42 Å². The van der Waals surface area contributed by atoms with Gasteiger partial charge in [0.05, 0.1) is 17.3 Å². The van der Waals surface area contributed by atoms with Crippen molar-refractivity contribution in [2.45, 2.75) is 37.3 Å². The van der Waals surface area contributed by atoms with Gasteiger partial charge in [-0.3, -0.25) is 0 Å². The lowest BCUT2D eigenvalue weighted by Crippen LogP contribution is -2.17.